The van der Waals surface area contributed by atoms with Gasteiger partial charge in [0.2, 0.25) is 0 Å². The van der Waals surface area contributed by atoms with Gasteiger partial charge in [-0.3, -0.25) is 4.79 Å². The van der Waals surface area contributed by atoms with E-state index in [-0.39, 0.29) is 5.75 Å². The Bertz CT molecular complexity index is 316. The Morgan fingerprint density at radius 2 is 2.00 bits per heavy atom. The molecule has 0 atom stereocenters. The minimum atomic E-state index is 0.103. The van der Waals surface area contributed by atoms with E-state index in [0.29, 0.717) is 11.8 Å². The number of phenols is 1. The third-order valence-corrected chi connectivity index (χ3v) is 2.21. The zero-order valence-corrected chi connectivity index (χ0v) is 8.00. The molecular weight excluding hydrogens is 164 g/mol. The van der Waals surface area contributed by atoms with Crippen LogP contribution in [0.3, 0.4) is 0 Å². The van der Waals surface area contributed by atoms with Crippen molar-refractivity contribution in [3.63, 3.8) is 0 Å². The van der Waals surface area contributed by atoms with Crippen LogP contribution < -0.4 is 0 Å². The molecule has 0 amide bonds. The summed E-state index contributed by atoms with van der Waals surface area (Å²) < 4.78 is 0. The zero-order chi connectivity index (χ0) is 9.84. The Balaban J connectivity index is 3.28. The SMILES string of the molecule is CCc1cc(O)c(C=O)c(CC)c1. The maximum atomic E-state index is 10.6. The minimum Gasteiger partial charge on any atom is -0.507 e. The van der Waals surface area contributed by atoms with Crippen LogP contribution in [0.2, 0.25) is 0 Å². The van der Waals surface area contributed by atoms with Gasteiger partial charge in [-0.25, -0.2) is 0 Å². The van der Waals surface area contributed by atoms with Gasteiger partial charge in [0.25, 0.3) is 0 Å². The van der Waals surface area contributed by atoms with Crippen molar-refractivity contribution in [2.24, 2.45) is 0 Å². The molecule has 0 aromatic heterocycles. The van der Waals surface area contributed by atoms with Crippen molar-refractivity contribution in [3.05, 3.63) is 28.8 Å². The number of phenolic OH excluding ortho intramolecular Hbond substituents is 1. The first-order valence-corrected chi connectivity index (χ1v) is 4.52. The van der Waals surface area contributed by atoms with E-state index in [1.165, 1.54) is 0 Å². The largest absolute Gasteiger partial charge is 0.507 e. The average molecular weight is 178 g/mol. The predicted octanol–water partition coefficient (Wildman–Crippen LogP) is 2.33. The first-order chi connectivity index (χ1) is 6.22. The second-order valence-corrected chi connectivity index (χ2v) is 3.01. The quantitative estimate of drug-likeness (QED) is 0.721. The van der Waals surface area contributed by atoms with Gasteiger partial charge in [-0.1, -0.05) is 19.9 Å². The van der Waals surface area contributed by atoms with Crippen molar-refractivity contribution in [1.82, 2.24) is 0 Å². The van der Waals surface area contributed by atoms with Crippen molar-refractivity contribution >= 4 is 6.29 Å². The number of rotatable bonds is 3. The average Bonchev–Trinajstić information content (AvgIpc) is 2.16. The molecule has 2 heteroatoms. The van der Waals surface area contributed by atoms with Gasteiger partial charge >= 0.3 is 0 Å². The third-order valence-electron chi connectivity index (χ3n) is 2.21. The van der Waals surface area contributed by atoms with Crippen LogP contribution in [0.4, 0.5) is 0 Å². The fourth-order valence-electron chi connectivity index (χ4n) is 1.39. The van der Waals surface area contributed by atoms with Crippen LogP contribution >= 0.6 is 0 Å². The highest BCUT2D eigenvalue weighted by atomic mass is 16.3. The van der Waals surface area contributed by atoms with Crippen LogP contribution in [0, 0.1) is 0 Å². The topological polar surface area (TPSA) is 37.3 Å². The Morgan fingerprint density at radius 3 is 2.46 bits per heavy atom. The molecule has 0 unspecified atom stereocenters. The van der Waals surface area contributed by atoms with E-state index < -0.39 is 0 Å². The van der Waals surface area contributed by atoms with Gasteiger partial charge < -0.3 is 5.11 Å². The molecule has 13 heavy (non-hydrogen) atoms. The monoisotopic (exact) mass is 178 g/mol. The smallest absolute Gasteiger partial charge is 0.154 e. The predicted molar refractivity (Wildman–Crippen MR) is 52.3 cm³/mol. The fourth-order valence-corrected chi connectivity index (χ4v) is 1.39. The van der Waals surface area contributed by atoms with Crippen molar-refractivity contribution in [3.8, 4) is 5.75 Å². The summed E-state index contributed by atoms with van der Waals surface area (Å²) in [6.07, 6.45) is 2.36. The van der Waals surface area contributed by atoms with E-state index in [0.717, 1.165) is 24.0 Å². The molecule has 0 aliphatic carbocycles. The van der Waals surface area contributed by atoms with Crippen LogP contribution in [-0.2, 0) is 12.8 Å². The summed E-state index contributed by atoms with van der Waals surface area (Å²) in [6.45, 7) is 4.00. The Hall–Kier alpha value is -1.31. The Kier molecular flexibility index (Phi) is 3.07. The maximum Gasteiger partial charge on any atom is 0.154 e. The van der Waals surface area contributed by atoms with E-state index in [9.17, 15) is 9.90 Å². The molecule has 1 N–H and O–H groups in total. The fraction of sp³-hybridized carbons (Fsp3) is 0.364. The van der Waals surface area contributed by atoms with Crippen LogP contribution in [0.1, 0.15) is 35.3 Å². The molecule has 0 saturated heterocycles. The molecule has 1 rings (SSSR count). The first-order valence-electron chi connectivity index (χ1n) is 4.52. The maximum absolute atomic E-state index is 10.6. The molecule has 0 saturated carbocycles. The molecule has 0 spiro atoms. The number of aryl methyl sites for hydroxylation is 2. The highest BCUT2D eigenvalue weighted by Gasteiger charge is 2.06. The van der Waals surface area contributed by atoms with Gasteiger partial charge in [0.15, 0.2) is 6.29 Å². The van der Waals surface area contributed by atoms with Gasteiger partial charge in [0.05, 0.1) is 5.56 Å². The van der Waals surface area contributed by atoms with Crippen molar-refractivity contribution in [2.45, 2.75) is 26.7 Å². The summed E-state index contributed by atoms with van der Waals surface area (Å²) in [7, 11) is 0. The molecule has 1 aromatic rings. The van der Waals surface area contributed by atoms with E-state index in [1.807, 2.05) is 19.9 Å². The number of hydrogen-bond donors (Lipinski definition) is 1. The summed E-state index contributed by atoms with van der Waals surface area (Å²) in [5.41, 5.74) is 2.42. The molecule has 0 fully saturated rings. The first kappa shape index (κ1) is 9.78. The van der Waals surface area contributed by atoms with E-state index in [2.05, 4.69) is 0 Å². The van der Waals surface area contributed by atoms with Crippen LogP contribution in [0.15, 0.2) is 12.1 Å². The Labute approximate surface area is 78.2 Å². The van der Waals surface area contributed by atoms with Gasteiger partial charge in [-0.15, -0.1) is 0 Å². The third kappa shape index (κ3) is 1.89. The van der Waals surface area contributed by atoms with E-state index in [4.69, 9.17) is 0 Å². The highest BCUT2D eigenvalue weighted by molar-refractivity contribution is 5.81. The van der Waals surface area contributed by atoms with Gasteiger partial charge in [-0.05, 0) is 30.0 Å². The lowest BCUT2D eigenvalue weighted by Crippen LogP contribution is -1.94. The lowest BCUT2D eigenvalue weighted by molar-refractivity contribution is 0.112. The molecule has 0 aliphatic heterocycles. The van der Waals surface area contributed by atoms with Crippen molar-refractivity contribution < 1.29 is 9.90 Å². The Morgan fingerprint density at radius 1 is 1.31 bits per heavy atom. The molecule has 0 bridgehead atoms. The second-order valence-electron chi connectivity index (χ2n) is 3.01. The summed E-state index contributed by atoms with van der Waals surface area (Å²) in [5, 5.41) is 9.50. The summed E-state index contributed by atoms with van der Waals surface area (Å²) >= 11 is 0. The normalized spacial score (nSPS) is 10.0. The number of carbonyl (C=O) groups is 1. The molecule has 1 aromatic carbocycles. The number of aromatic hydroxyl groups is 1. The molecule has 0 aliphatic rings. The van der Waals surface area contributed by atoms with E-state index >= 15 is 0 Å². The summed E-state index contributed by atoms with van der Waals surface area (Å²) in [6, 6.07) is 3.63. The molecule has 2 nitrogen and oxygen atoms in total. The minimum absolute atomic E-state index is 0.103. The number of carbonyl (C=O) groups excluding carboxylic acids is 1. The van der Waals surface area contributed by atoms with Crippen LogP contribution in [0.25, 0.3) is 0 Å². The van der Waals surface area contributed by atoms with Gasteiger partial charge in [-0.2, -0.15) is 0 Å². The molecule has 70 valence electrons. The van der Waals surface area contributed by atoms with Crippen LogP contribution in [0.5, 0.6) is 5.75 Å². The standard InChI is InChI=1S/C11H14O2/c1-3-8-5-9(4-2)10(7-12)11(13)6-8/h5-7,13H,3-4H2,1-2H3. The number of aldehydes is 1. The van der Waals surface area contributed by atoms with Gasteiger partial charge in [0, 0.05) is 0 Å². The summed E-state index contributed by atoms with van der Waals surface area (Å²) in [4.78, 5) is 10.6. The number of benzene rings is 1. The van der Waals surface area contributed by atoms with Gasteiger partial charge in [0.1, 0.15) is 5.75 Å². The molecular formula is C11H14O2. The van der Waals surface area contributed by atoms with E-state index in [1.54, 1.807) is 6.07 Å². The van der Waals surface area contributed by atoms with Crippen LogP contribution in [-0.4, -0.2) is 11.4 Å². The molecule has 0 radical (unpaired) electrons. The lowest BCUT2D eigenvalue weighted by atomic mass is 10.0. The zero-order valence-electron chi connectivity index (χ0n) is 8.00. The van der Waals surface area contributed by atoms with Crippen molar-refractivity contribution in [1.29, 1.82) is 0 Å². The number of hydrogen-bond acceptors (Lipinski definition) is 2. The van der Waals surface area contributed by atoms with Crippen molar-refractivity contribution in [2.75, 3.05) is 0 Å². The lowest BCUT2D eigenvalue weighted by Gasteiger charge is -2.06. The molecule has 0 heterocycles. The second kappa shape index (κ2) is 4.08. The highest BCUT2D eigenvalue weighted by Crippen LogP contribution is 2.22. The summed E-state index contributed by atoms with van der Waals surface area (Å²) in [5.74, 6) is 0.103.